The molecule has 1 aliphatic rings. The number of carbonyl (C=O) groups excluding carboxylic acids is 2. The first-order valence-electron chi connectivity index (χ1n) is 5.30. The Hall–Kier alpha value is -2.08. The quantitative estimate of drug-likeness (QED) is 0.834. The van der Waals surface area contributed by atoms with E-state index >= 15 is 0 Å². The van der Waals surface area contributed by atoms with Crippen LogP contribution in [0.4, 0.5) is 5.69 Å². The molecular weight excluding hydrogens is 250 g/mol. The largest absolute Gasteiger partial charge is 0.318 e. The zero-order chi connectivity index (χ0) is 12.7. The van der Waals surface area contributed by atoms with E-state index in [1.807, 2.05) is 19.3 Å². The van der Waals surface area contributed by atoms with E-state index in [1.54, 1.807) is 23.0 Å². The maximum atomic E-state index is 11.4. The maximum Gasteiger partial charge on any atom is 0.296 e. The Morgan fingerprint density at radius 2 is 2.11 bits per heavy atom. The minimum atomic E-state index is -0.562. The molecule has 0 aliphatic carbocycles. The molecule has 0 fully saturated rings. The van der Waals surface area contributed by atoms with Crippen molar-refractivity contribution in [2.45, 2.75) is 9.79 Å². The molecule has 2 heterocycles. The molecule has 2 aromatic rings. The van der Waals surface area contributed by atoms with Crippen LogP contribution in [0.15, 0.2) is 40.4 Å². The molecule has 0 unspecified atom stereocenters. The number of nitrogens with one attached hydrogen (secondary N) is 1. The summed E-state index contributed by atoms with van der Waals surface area (Å²) in [5.41, 5.74) is 1.02. The zero-order valence-electron chi connectivity index (χ0n) is 9.51. The molecule has 0 atom stereocenters. The number of ketones is 1. The number of anilines is 1. The second-order valence-corrected chi connectivity index (χ2v) is 5.09. The fourth-order valence-electron chi connectivity index (χ4n) is 1.78. The van der Waals surface area contributed by atoms with Crippen LogP contribution in [0.5, 0.6) is 0 Å². The van der Waals surface area contributed by atoms with Gasteiger partial charge in [0.15, 0.2) is 0 Å². The van der Waals surface area contributed by atoms with Gasteiger partial charge in [0.2, 0.25) is 0 Å². The van der Waals surface area contributed by atoms with Gasteiger partial charge in [-0.25, -0.2) is 0 Å². The third kappa shape index (κ3) is 1.80. The van der Waals surface area contributed by atoms with Crippen LogP contribution < -0.4 is 5.32 Å². The van der Waals surface area contributed by atoms with E-state index < -0.39 is 11.7 Å². The number of hydrogen-bond acceptors (Lipinski definition) is 4. The summed E-state index contributed by atoms with van der Waals surface area (Å²) in [6.45, 7) is 0. The number of amides is 1. The molecule has 0 radical (unpaired) electrons. The monoisotopic (exact) mass is 259 g/mol. The van der Waals surface area contributed by atoms with Gasteiger partial charge in [0.05, 0.1) is 22.3 Å². The number of aryl methyl sites for hydroxylation is 1. The van der Waals surface area contributed by atoms with Crippen molar-refractivity contribution in [2.24, 2.45) is 7.05 Å². The zero-order valence-corrected chi connectivity index (χ0v) is 10.3. The highest BCUT2D eigenvalue weighted by Crippen LogP contribution is 2.32. The predicted molar refractivity (Wildman–Crippen MR) is 66.7 cm³/mol. The summed E-state index contributed by atoms with van der Waals surface area (Å²) < 4.78 is 1.72. The molecule has 1 aromatic heterocycles. The molecule has 1 amide bonds. The van der Waals surface area contributed by atoms with Crippen LogP contribution >= 0.6 is 11.8 Å². The Balaban J connectivity index is 1.90. The summed E-state index contributed by atoms with van der Waals surface area (Å²) >= 11 is 1.53. The number of aromatic nitrogens is 2. The molecule has 3 rings (SSSR count). The number of hydrogen-bond donors (Lipinski definition) is 1. The van der Waals surface area contributed by atoms with Gasteiger partial charge in [0, 0.05) is 18.1 Å². The molecule has 0 spiro atoms. The summed E-state index contributed by atoms with van der Waals surface area (Å²) in [6.07, 6.45) is 3.67. The molecule has 1 N–H and O–H groups in total. The highest BCUT2D eigenvalue weighted by atomic mass is 32.2. The molecular formula is C12H9N3O2S. The Morgan fingerprint density at radius 1 is 1.28 bits per heavy atom. The van der Waals surface area contributed by atoms with E-state index in [1.165, 1.54) is 11.8 Å². The average molecular weight is 259 g/mol. The Bertz CT molecular complexity index is 663. The normalized spacial score (nSPS) is 13.6. The van der Waals surface area contributed by atoms with E-state index in [4.69, 9.17) is 0 Å². The highest BCUT2D eigenvalue weighted by Gasteiger charge is 2.27. The minimum absolute atomic E-state index is 0.440. The van der Waals surface area contributed by atoms with Gasteiger partial charge in [0.25, 0.3) is 11.7 Å². The van der Waals surface area contributed by atoms with Crippen LogP contribution in [0.1, 0.15) is 10.4 Å². The molecule has 0 bridgehead atoms. The van der Waals surface area contributed by atoms with Crippen LogP contribution in [0, 0.1) is 0 Å². The lowest BCUT2D eigenvalue weighted by Crippen LogP contribution is -2.12. The molecule has 18 heavy (non-hydrogen) atoms. The Morgan fingerprint density at radius 3 is 2.83 bits per heavy atom. The van der Waals surface area contributed by atoms with Crippen molar-refractivity contribution in [3.63, 3.8) is 0 Å². The van der Waals surface area contributed by atoms with Crippen molar-refractivity contribution in [3.05, 3.63) is 36.2 Å². The molecule has 5 nitrogen and oxygen atoms in total. The first-order valence-corrected chi connectivity index (χ1v) is 6.11. The Kier molecular flexibility index (Phi) is 2.45. The lowest BCUT2D eigenvalue weighted by atomic mass is 10.1. The third-order valence-electron chi connectivity index (χ3n) is 2.61. The number of fused-ring (bicyclic) bond motifs is 1. The topological polar surface area (TPSA) is 64.0 Å². The summed E-state index contributed by atoms with van der Waals surface area (Å²) in [7, 11) is 1.85. The number of nitrogens with zero attached hydrogens (tertiary/aromatic N) is 2. The van der Waals surface area contributed by atoms with Crippen molar-refractivity contribution < 1.29 is 9.59 Å². The number of Topliss-reactive ketones (excluding diaryl/α,β-unsaturated/α-hetero) is 1. The van der Waals surface area contributed by atoms with Crippen molar-refractivity contribution in [2.75, 3.05) is 5.32 Å². The minimum Gasteiger partial charge on any atom is -0.318 e. The molecule has 1 aliphatic heterocycles. The summed E-state index contributed by atoms with van der Waals surface area (Å²) in [6, 6.07) is 5.30. The predicted octanol–water partition coefficient (Wildman–Crippen LogP) is 1.71. The van der Waals surface area contributed by atoms with Gasteiger partial charge >= 0.3 is 0 Å². The highest BCUT2D eigenvalue weighted by molar-refractivity contribution is 7.99. The van der Waals surface area contributed by atoms with Crippen LogP contribution in [-0.2, 0) is 11.8 Å². The van der Waals surface area contributed by atoms with E-state index in [0.717, 1.165) is 9.79 Å². The van der Waals surface area contributed by atoms with Crippen molar-refractivity contribution >= 4 is 29.1 Å². The van der Waals surface area contributed by atoms with Crippen molar-refractivity contribution in [1.29, 1.82) is 0 Å². The number of carbonyl (C=O) groups is 2. The summed E-state index contributed by atoms with van der Waals surface area (Å²) in [4.78, 5) is 24.6. The average Bonchev–Trinajstić information content (AvgIpc) is 2.85. The molecule has 90 valence electrons. The van der Waals surface area contributed by atoms with Gasteiger partial charge in [-0.1, -0.05) is 11.8 Å². The van der Waals surface area contributed by atoms with Gasteiger partial charge in [-0.05, 0) is 18.2 Å². The first kappa shape index (κ1) is 11.0. The van der Waals surface area contributed by atoms with Crippen molar-refractivity contribution in [3.8, 4) is 0 Å². The fraction of sp³-hybridized carbons (Fsp3) is 0.0833. The molecule has 0 saturated carbocycles. The summed E-state index contributed by atoms with van der Waals surface area (Å²) in [5.74, 6) is -1.03. The van der Waals surface area contributed by atoms with Gasteiger partial charge in [-0.2, -0.15) is 5.10 Å². The van der Waals surface area contributed by atoms with Gasteiger partial charge in [0.1, 0.15) is 0 Å². The van der Waals surface area contributed by atoms with E-state index in [9.17, 15) is 9.59 Å². The Labute approximate surface area is 107 Å². The number of rotatable bonds is 2. The maximum absolute atomic E-state index is 11.4. The summed E-state index contributed by atoms with van der Waals surface area (Å²) in [5, 5.41) is 6.64. The van der Waals surface area contributed by atoms with Crippen molar-refractivity contribution in [1.82, 2.24) is 9.78 Å². The van der Waals surface area contributed by atoms with Gasteiger partial charge in [-0.3, -0.25) is 14.3 Å². The van der Waals surface area contributed by atoms with E-state index in [2.05, 4.69) is 10.4 Å². The van der Waals surface area contributed by atoms with Crippen LogP contribution in [0.2, 0.25) is 0 Å². The standard InChI is InChI=1S/C12H9N3O2S/c1-15-6-8(5-13-15)18-7-2-3-9-10(4-7)14-12(17)11(9)16/h2-6H,1H3,(H,14,16,17). The number of benzene rings is 1. The lowest BCUT2D eigenvalue weighted by Gasteiger charge is -2.01. The second kappa shape index (κ2) is 3.99. The van der Waals surface area contributed by atoms with Gasteiger partial charge in [-0.15, -0.1) is 0 Å². The smallest absolute Gasteiger partial charge is 0.296 e. The SMILES string of the molecule is Cn1cc(Sc2ccc3c(c2)NC(=O)C3=O)cn1. The molecule has 1 aromatic carbocycles. The third-order valence-corrected chi connectivity index (χ3v) is 3.54. The van der Waals surface area contributed by atoms with Crippen LogP contribution in [0.25, 0.3) is 0 Å². The van der Waals surface area contributed by atoms with Gasteiger partial charge < -0.3 is 5.32 Å². The lowest BCUT2D eigenvalue weighted by molar-refractivity contribution is -0.112. The van der Waals surface area contributed by atoms with E-state index in [0.29, 0.717) is 11.3 Å². The molecule has 0 saturated heterocycles. The van der Waals surface area contributed by atoms with E-state index in [-0.39, 0.29) is 0 Å². The van der Waals surface area contributed by atoms with Crippen LogP contribution in [-0.4, -0.2) is 21.5 Å². The fourth-order valence-corrected chi connectivity index (χ4v) is 2.67. The molecule has 6 heteroatoms. The first-order chi connectivity index (χ1) is 8.63. The van der Waals surface area contributed by atoms with Crippen LogP contribution in [0.3, 0.4) is 0 Å². The second-order valence-electron chi connectivity index (χ2n) is 3.94.